The van der Waals surface area contributed by atoms with Gasteiger partial charge in [0.05, 0.1) is 31.7 Å². The van der Waals surface area contributed by atoms with Gasteiger partial charge in [-0.05, 0) is 54.0 Å². The average molecular weight is 571 g/mol. The predicted molar refractivity (Wildman–Crippen MR) is 163 cm³/mol. The summed E-state index contributed by atoms with van der Waals surface area (Å²) in [5.41, 5.74) is 3.51. The molecule has 4 aromatic carbocycles. The number of Topliss-reactive ketones (excluding diaryl/α,β-unsaturated/α-hetero) is 2. The van der Waals surface area contributed by atoms with E-state index in [1.54, 1.807) is 30.3 Å². The highest BCUT2D eigenvalue weighted by molar-refractivity contribution is 6.17. The molecule has 1 amide bonds. The summed E-state index contributed by atoms with van der Waals surface area (Å²) in [6.07, 6.45) is 3.81. The van der Waals surface area contributed by atoms with E-state index in [4.69, 9.17) is 9.47 Å². The Morgan fingerprint density at radius 1 is 0.860 bits per heavy atom. The van der Waals surface area contributed by atoms with E-state index < -0.39 is 23.4 Å². The molecule has 4 atom stereocenters. The van der Waals surface area contributed by atoms with Crippen LogP contribution in [0.2, 0.25) is 0 Å². The van der Waals surface area contributed by atoms with Crippen LogP contribution in [0.15, 0.2) is 97.2 Å². The fourth-order valence-electron chi connectivity index (χ4n) is 7.23. The van der Waals surface area contributed by atoms with E-state index in [-0.39, 0.29) is 23.0 Å². The Morgan fingerprint density at radius 2 is 1.60 bits per heavy atom. The molecule has 7 rings (SSSR count). The Morgan fingerprint density at radius 3 is 2.37 bits per heavy atom. The van der Waals surface area contributed by atoms with Gasteiger partial charge in [0, 0.05) is 17.5 Å². The summed E-state index contributed by atoms with van der Waals surface area (Å²) < 4.78 is 11.1. The Balaban J connectivity index is 1.54. The maximum atomic E-state index is 14.9. The molecule has 43 heavy (non-hydrogen) atoms. The van der Waals surface area contributed by atoms with Gasteiger partial charge < -0.3 is 19.7 Å². The SMILES string of the molecule is COc1ccc(OC)c(C(=O)[C@H]2[C@@H](C(=O)c3ccc(C)cc3)[C@@]3(C(=O)Nc4ccccc43)[C@H]3c4ccccc4C=CN23)c1. The van der Waals surface area contributed by atoms with Gasteiger partial charge in [-0.15, -0.1) is 0 Å². The zero-order chi connectivity index (χ0) is 29.9. The Bertz CT molecular complexity index is 1830. The molecule has 4 aromatic rings. The van der Waals surface area contributed by atoms with Gasteiger partial charge in [-0.1, -0.05) is 72.3 Å². The number of carbonyl (C=O) groups is 3. The minimum absolute atomic E-state index is 0.271. The van der Waals surface area contributed by atoms with Gasteiger partial charge in [-0.3, -0.25) is 14.4 Å². The lowest BCUT2D eigenvalue weighted by Crippen LogP contribution is -2.49. The van der Waals surface area contributed by atoms with Crippen LogP contribution in [0.25, 0.3) is 6.08 Å². The molecule has 1 spiro atoms. The first-order valence-electron chi connectivity index (χ1n) is 14.2. The van der Waals surface area contributed by atoms with Crippen LogP contribution < -0.4 is 14.8 Å². The van der Waals surface area contributed by atoms with Crippen LogP contribution in [0.3, 0.4) is 0 Å². The molecule has 214 valence electrons. The molecule has 7 nitrogen and oxygen atoms in total. The highest BCUT2D eigenvalue weighted by Gasteiger charge is 2.70. The zero-order valence-corrected chi connectivity index (χ0v) is 24.0. The van der Waals surface area contributed by atoms with Crippen LogP contribution in [-0.2, 0) is 10.2 Å². The van der Waals surface area contributed by atoms with Crippen LogP contribution in [0.5, 0.6) is 11.5 Å². The molecule has 1 saturated heterocycles. The van der Waals surface area contributed by atoms with Crippen molar-refractivity contribution in [2.24, 2.45) is 5.92 Å². The third-order valence-electron chi connectivity index (χ3n) is 9.13. The fraction of sp³-hybridized carbons (Fsp3) is 0.194. The van der Waals surface area contributed by atoms with Crippen molar-refractivity contribution < 1.29 is 23.9 Å². The molecule has 0 aromatic heterocycles. The van der Waals surface area contributed by atoms with Crippen molar-refractivity contribution in [3.63, 3.8) is 0 Å². The minimum Gasteiger partial charge on any atom is -0.497 e. The number of ketones is 2. The number of carbonyl (C=O) groups excluding carboxylic acids is 3. The van der Waals surface area contributed by atoms with E-state index in [2.05, 4.69) is 5.32 Å². The molecule has 0 radical (unpaired) electrons. The number of ether oxygens (including phenoxy) is 2. The summed E-state index contributed by atoms with van der Waals surface area (Å²) in [6.45, 7) is 1.95. The molecule has 3 aliphatic rings. The maximum absolute atomic E-state index is 14.9. The fourth-order valence-corrected chi connectivity index (χ4v) is 7.23. The molecule has 0 saturated carbocycles. The highest BCUT2D eigenvalue weighted by atomic mass is 16.5. The quantitative estimate of drug-likeness (QED) is 0.287. The number of nitrogens with zero attached hydrogens (tertiary/aromatic N) is 1. The number of hydrogen-bond donors (Lipinski definition) is 1. The number of amides is 1. The van der Waals surface area contributed by atoms with Gasteiger partial charge in [-0.2, -0.15) is 0 Å². The van der Waals surface area contributed by atoms with E-state index in [1.165, 1.54) is 14.2 Å². The molecule has 1 fully saturated rings. The summed E-state index contributed by atoms with van der Waals surface area (Å²) in [5, 5.41) is 3.08. The zero-order valence-electron chi connectivity index (χ0n) is 24.0. The largest absolute Gasteiger partial charge is 0.497 e. The van der Waals surface area contributed by atoms with Crippen LogP contribution in [0.4, 0.5) is 5.69 Å². The third kappa shape index (κ3) is 3.77. The number of anilines is 1. The lowest BCUT2D eigenvalue weighted by atomic mass is 9.62. The van der Waals surface area contributed by atoms with Crippen molar-refractivity contribution in [3.8, 4) is 11.5 Å². The molecular weight excluding hydrogens is 540 g/mol. The van der Waals surface area contributed by atoms with Gasteiger partial charge in [0.25, 0.3) is 0 Å². The van der Waals surface area contributed by atoms with Gasteiger partial charge in [0.15, 0.2) is 11.6 Å². The molecule has 7 heteroatoms. The van der Waals surface area contributed by atoms with Gasteiger partial charge >= 0.3 is 0 Å². The summed E-state index contributed by atoms with van der Waals surface area (Å²) >= 11 is 0. The Hall–Kier alpha value is -5.17. The number of hydrogen-bond acceptors (Lipinski definition) is 6. The summed E-state index contributed by atoms with van der Waals surface area (Å²) in [5.74, 6) is -1.12. The maximum Gasteiger partial charge on any atom is 0.238 e. The summed E-state index contributed by atoms with van der Waals surface area (Å²) in [6, 6.07) is 26.1. The van der Waals surface area contributed by atoms with E-state index in [0.29, 0.717) is 28.3 Å². The number of aryl methyl sites for hydroxylation is 1. The van der Waals surface area contributed by atoms with Crippen LogP contribution >= 0.6 is 0 Å². The van der Waals surface area contributed by atoms with Crippen molar-refractivity contribution in [3.05, 3.63) is 131 Å². The lowest BCUT2D eigenvalue weighted by Gasteiger charge is -2.38. The minimum atomic E-state index is -1.40. The van der Waals surface area contributed by atoms with Crippen LogP contribution in [-0.4, -0.2) is 42.6 Å². The normalized spacial score (nSPS) is 22.9. The molecule has 0 aliphatic carbocycles. The van der Waals surface area contributed by atoms with Crippen molar-refractivity contribution in [2.45, 2.75) is 24.4 Å². The molecule has 1 N–H and O–H groups in total. The molecular formula is C36H30N2O5. The van der Waals surface area contributed by atoms with Crippen LogP contribution in [0.1, 0.15) is 49.0 Å². The summed E-state index contributed by atoms with van der Waals surface area (Å²) in [7, 11) is 3.04. The number of rotatable bonds is 6. The number of para-hydroxylation sites is 1. The van der Waals surface area contributed by atoms with E-state index in [0.717, 1.165) is 16.7 Å². The molecule has 0 unspecified atom stereocenters. The van der Waals surface area contributed by atoms with Crippen molar-refractivity contribution in [1.29, 1.82) is 0 Å². The lowest BCUT2D eigenvalue weighted by molar-refractivity contribution is -0.122. The first kappa shape index (κ1) is 26.7. The second-order valence-electron chi connectivity index (χ2n) is 11.2. The van der Waals surface area contributed by atoms with Gasteiger partial charge in [0.2, 0.25) is 5.91 Å². The Labute approximate surface area is 249 Å². The van der Waals surface area contributed by atoms with Crippen molar-refractivity contribution in [1.82, 2.24) is 4.90 Å². The molecule has 3 heterocycles. The Kier molecular flexibility index (Phi) is 6.20. The van der Waals surface area contributed by atoms with Gasteiger partial charge in [0.1, 0.15) is 23.0 Å². The number of benzene rings is 4. The van der Waals surface area contributed by atoms with E-state index in [9.17, 15) is 14.4 Å². The number of fused-ring (bicyclic) bond motifs is 6. The van der Waals surface area contributed by atoms with E-state index in [1.807, 2.05) is 84.8 Å². The van der Waals surface area contributed by atoms with Crippen molar-refractivity contribution >= 4 is 29.2 Å². The first-order valence-corrected chi connectivity index (χ1v) is 14.2. The van der Waals surface area contributed by atoms with E-state index >= 15 is 0 Å². The van der Waals surface area contributed by atoms with Gasteiger partial charge in [-0.25, -0.2) is 0 Å². The average Bonchev–Trinajstić information content (AvgIpc) is 3.52. The van der Waals surface area contributed by atoms with Crippen LogP contribution in [0, 0.1) is 12.8 Å². The smallest absolute Gasteiger partial charge is 0.238 e. The highest BCUT2D eigenvalue weighted by Crippen LogP contribution is 2.62. The number of nitrogens with one attached hydrogen (secondary N) is 1. The second kappa shape index (κ2) is 9.98. The monoisotopic (exact) mass is 570 g/mol. The third-order valence-corrected chi connectivity index (χ3v) is 9.13. The first-order chi connectivity index (χ1) is 20.9. The van der Waals surface area contributed by atoms with Crippen molar-refractivity contribution in [2.75, 3.05) is 19.5 Å². The predicted octanol–water partition coefficient (Wildman–Crippen LogP) is 5.99. The summed E-state index contributed by atoms with van der Waals surface area (Å²) in [4.78, 5) is 46.3. The topological polar surface area (TPSA) is 84.9 Å². The molecule has 3 aliphatic heterocycles. The standard InChI is InChI=1S/C36H30N2O5/c1-21-12-14-23(15-13-21)32(39)30-31(33(40)26-20-24(42-2)16-17-29(26)43-3)38-19-18-22-8-4-5-9-25(22)34(38)36(30)27-10-6-7-11-28(27)37-35(36)41/h4-20,30-31,34H,1-3H3,(H,37,41)/t30-,31+,34+,36+/m0/s1. The molecule has 0 bridgehead atoms. The second-order valence-corrected chi connectivity index (χ2v) is 11.2. The number of methoxy groups -OCH3 is 2.